The highest BCUT2D eigenvalue weighted by Crippen LogP contribution is 2.39. The van der Waals surface area contributed by atoms with Gasteiger partial charge < -0.3 is 14.6 Å². The van der Waals surface area contributed by atoms with Gasteiger partial charge in [-0.3, -0.25) is 9.69 Å². The number of carbonyl (C=O) groups is 1. The summed E-state index contributed by atoms with van der Waals surface area (Å²) < 4.78 is 10.9. The molecule has 0 spiro atoms. The molecule has 26 heavy (non-hydrogen) atoms. The van der Waals surface area contributed by atoms with Crippen molar-refractivity contribution in [3.05, 3.63) is 45.6 Å². The average Bonchev–Trinajstić information content (AvgIpc) is 3.08. The fourth-order valence-electron chi connectivity index (χ4n) is 3.58. The lowest BCUT2D eigenvalue weighted by Crippen LogP contribution is -2.39. The zero-order valence-corrected chi connectivity index (χ0v) is 16.2. The minimum Gasteiger partial charge on any atom is -0.493 e. The lowest BCUT2D eigenvalue weighted by atomic mass is 9.93. The van der Waals surface area contributed by atoms with Gasteiger partial charge in [0.2, 0.25) is 0 Å². The Hall–Kier alpha value is -2.05. The second-order valence-electron chi connectivity index (χ2n) is 6.69. The maximum absolute atomic E-state index is 11.3. The van der Waals surface area contributed by atoms with Gasteiger partial charge in [0.15, 0.2) is 11.5 Å². The molecule has 1 fully saturated rings. The Morgan fingerprint density at radius 3 is 2.42 bits per heavy atom. The number of carboxylic acids is 1. The van der Waals surface area contributed by atoms with E-state index in [2.05, 4.69) is 29.3 Å². The van der Waals surface area contributed by atoms with E-state index in [9.17, 15) is 9.90 Å². The van der Waals surface area contributed by atoms with Crippen LogP contribution in [0.1, 0.15) is 34.9 Å². The van der Waals surface area contributed by atoms with Crippen molar-refractivity contribution in [3.8, 4) is 11.5 Å². The standard InChI is InChI=1S/C20H25NO4S/c1-13-10-18(26-12-13)19(21-8-6-14(7-9-21)20(22)23)15-4-5-16(24-2)17(11-15)25-3/h4-5,10-12,14,19H,6-9H2,1-3H3,(H,22,23). The van der Waals surface area contributed by atoms with Gasteiger partial charge in [-0.1, -0.05) is 6.07 Å². The van der Waals surface area contributed by atoms with Crippen LogP contribution in [0, 0.1) is 12.8 Å². The van der Waals surface area contributed by atoms with Crippen molar-refractivity contribution in [2.75, 3.05) is 27.3 Å². The molecular weight excluding hydrogens is 350 g/mol. The summed E-state index contributed by atoms with van der Waals surface area (Å²) in [6, 6.07) is 8.36. The first-order valence-corrected chi connectivity index (χ1v) is 9.65. The molecule has 6 heteroatoms. The molecule has 1 atom stereocenters. The van der Waals surface area contributed by atoms with E-state index < -0.39 is 5.97 Å². The molecule has 2 heterocycles. The van der Waals surface area contributed by atoms with Gasteiger partial charge in [-0.05, 0) is 67.6 Å². The van der Waals surface area contributed by atoms with Crippen molar-refractivity contribution in [1.29, 1.82) is 0 Å². The normalized spacial score (nSPS) is 17.0. The number of carboxylic acid groups (broad SMARTS) is 1. The summed E-state index contributed by atoms with van der Waals surface area (Å²) in [5.74, 6) is 0.507. The molecule has 1 unspecified atom stereocenters. The maximum Gasteiger partial charge on any atom is 0.306 e. The molecule has 0 saturated carbocycles. The van der Waals surface area contributed by atoms with Crippen LogP contribution in [0.25, 0.3) is 0 Å². The fraction of sp³-hybridized carbons (Fsp3) is 0.450. The summed E-state index contributed by atoms with van der Waals surface area (Å²) in [6.07, 6.45) is 1.37. The Morgan fingerprint density at radius 2 is 1.88 bits per heavy atom. The quantitative estimate of drug-likeness (QED) is 0.828. The van der Waals surface area contributed by atoms with Crippen LogP contribution in [-0.4, -0.2) is 43.3 Å². The third-order valence-electron chi connectivity index (χ3n) is 4.99. The predicted molar refractivity (Wildman–Crippen MR) is 102 cm³/mol. The van der Waals surface area contributed by atoms with Crippen molar-refractivity contribution < 1.29 is 19.4 Å². The zero-order chi connectivity index (χ0) is 18.7. The summed E-state index contributed by atoms with van der Waals surface area (Å²) in [7, 11) is 3.28. The molecule has 0 aliphatic carbocycles. The number of likely N-dealkylation sites (tertiary alicyclic amines) is 1. The minimum atomic E-state index is -0.681. The van der Waals surface area contributed by atoms with Crippen molar-refractivity contribution in [2.24, 2.45) is 5.92 Å². The third kappa shape index (κ3) is 3.86. The SMILES string of the molecule is COc1ccc(C(c2cc(C)cs2)N2CCC(C(=O)O)CC2)cc1OC. The van der Waals surface area contributed by atoms with Gasteiger partial charge in [-0.15, -0.1) is 11.3 Å². The molecule has 3 rings (SSSR count). The fourth-order valence-corrected chi connectivity index (χ4v) is 4.64. The van der Waals surface area contributed by atoms with E-state index in [1.165, 1.54) is 10.4 Å². The molecular formula is C20H25NO4S. The minimum absolute atomic E-state index is 0.100. The van der Waals surface area contributed by atoms with Crippen LogP contribution in [0.4, 0.5) is 0 Å². The van der Waals surface area contributed by atoms with E-state index in [0.717, 1.165) is 18.7 Å². The van der Waals surface area contributed by atoms with Crippen LogP contribution in [-0.2, 0) is 4.79 Å². The maximum atomic E-state index is 11.3. The van der Waals surface area contributed by atoms with Crippen LogP contribution in [0.15, 0.2) is 29.6 Å². The van der Waals surface area contributed by atoms with Crippen molar-refractivity contribution in [2.45, 2.75) is 25.8 Å². The number of rotatable bonds is 6. The Labute approximate surface area is 158 Å². The number of thiophene rings is 1. The summed E-state index contributed by atoms with van der Waals surface area (Å²) >= 11 is 1.75. The van der Waals surface area contributed by atoms with E-state index in [1.807, 2.05) is 12.1 Å². The van der Waals surface area contributed by atoms with Gasteiger partial charge in [0.05, 0.1) is 26.2 Å². The first-order valence-electron chi connectivity index (χ1n) is 8.77. The first-order chi connectivity index (χ1) is 12.5. The van der Waals surface area contributed by atoms with Crippen LogP contribution < -0.4 is 9.47 Å². The van der Waals surface area contributed by atoms with E-state index >= 15 is 0 Å². The van der Waals surface area contributed by atoms with E-state index in [1.54, 1.807) is 25.6 Å². The smallest absolute Gasteiger partial charge is 0.306 e. The van der Waals surface area contributed by atoms with Crippen LogP contribution in [0.3, 0.4) is 0 Å². The number of hydrogen-bond acceptors (Lipinski definition) is 5. The molecule has 1 aromatic heterocycles. The van der Waals surface area contributed by atoms with E-state index in [-0.39, 0.29) is 12.0 Å². The molecule has 0 radical (unpaired) electrons. The number of methoxy groups -OCH3 is 2. The number of nitrogens with zero attached hydrogens (tertiary/aromatic N) is 1. The Kier molecular flexibility index (Phi) is 5.84. The van der Waals surface area contributed by atoms with Crippen molar-refractivity contribution in [3.63, 3.8) is 0 Å². The predicted octanol–water partition coefficient (Wildman–Crippen LogP) is 3.96. The summed E-state index contributed by atoms with van der Waals surface area (Å²) in [5.41, 5.74) is 2.38. The summed E-state index contributed by atoms with van der Waals surface area (Å²) in [4.78, 5) is 14.9. The molecule has 140 valence electrons. The zero-order valence-electron chi connectivity index (χ0n) is 15.4. The van der Waals surface area contributed by atoms with Crippen molar-refractivity contribution in [1.82, 2.24) is 4.90 Å². The number of piperidine rings is 1. The van der Waals surface area contributed by atoms with Crippen LogP contribution >= 0.6 is 11.3 Å². The second kappa shape index (κ2) is 8.10. The third-order valence-corrected chi connectivity index (χ3v) is 6.09. The van der Waals surface area contributed by atoms with E-state index in [0.29, 0.717) is 24.3 Å². The van der Waals surface area contributed by atoms with Gasteiger partial charge >= 0.3 is 5.97 Å². The van der Waals surface area contributed by atoms with E-state index in [4.69, 9.17) is 9.47 Å². The van der Waals surface area contributed by atoms with Gasteiger partial charge in [0.1, 0.15) is 0 Å². The Bertz CT molecular complexity index is 765. The van der Waals surface area contributed by atoms with Gasteiger partial charge in [0, 0.05) is 4.88 Å². The molecule has 0 amide bonds. The highest BCUT2D eigenvalue weighted by atomic mass is 32.1. The monoisotopic (exact) mass is 375 g/mol. The number of hydrogen-bond donors (Lipinski definition) is 1. The largest absolute Gasteiger partial charge is 0.493 e. The molecule has 1 saturated heterocycles. The lowest BCUT2D eigenvalue weighted by molar-refractivity contribution is -0.143. The molecule has 1 aromatic carbocycles. The molecule has 5 nitrogen and oxygen atoms in total. The lowest BCUT2D eigenvalue weighted by Gasteiger charge is -2.36. The molecule has 0 bridgehead atoms. The molecule has 1 N–H and O–H groups in total. The number of ether oxygens (including phenoxy) is 2. The molecule has 1 aliphatic heterocycles. The molecule has 1 aliphatic rings. The number of aliphatic carboxylic acids is 1. The Morgan fingerprint density at radius 1 is 1.19 bits per heavy atom. The summed E-state index contributed by atoms with van der Waals surface area (Å²) in [6.45, 7) is 3.64. The second-order valence-corrected chi connectivity index (χ2v) is 7.63. The Balaban J connectivity index is 1.93. The van der Waals surface area contributed by atoms with Crippen LogP contribution in [0.5, 0.6) is 11.5 Å². The number of benzene rings is 1. The van der Waals surface area contributed by atoms with Crippen molar-refractivity contribution >= 4 is 17.3 Å². The topological polar surface area (TPSA) is 59.0 Å². The average molecular weight is 375 g/mol. The van der Waals surface area contributed by atoms with Gasteiger partial charge in [-0.2, -0.15) is 0 Å². The highest BCUT2D eigenvalue weighted by Gasteiger charge is 2.31. The van der Waals surface area contributed by atoms with Crippen LogP contribution in [0.2, 0.25) is 0 Å². The number of aryl methyl sites for hydroxylation is 1. The summed E-state index contributed by atoms with van der Waals surface area (Å²) in [5, 5.41) is 11.4. The van der Waals surface area contributed by atoms with Gasteiger partial charge in [-0.25, -0.2) is 0 Å². The van der Waals surface area contributed by atoms with Gasteiger partial charge in [0.25, 0.3) is 0 Å². The molecule has 2 aromatic rings. The first kappa shape index (κ1) is 18.7. The highest BCUT2D eigenvalue weighted by molar-refractivity contribution is 7.10.